The maximum Gasteiger partial charge on any atom is 0.307 e. The fourth-order valence-electron chi connectivity index (χ4n) is 2.83. The molecule has 0 radical (unpaired) electrons. The van der Waals surface area contributed by atoms with E-state index in [-0.39, 0.29) is 17.9 Å². The highest BCUT2D eigenvalue weighted by Crippen LogP contribution is 2.33. The number of carbonyl (C=O) groups is 2. The molecule has 98 valence electrons. The number of carbonyl (C=O) groups excluding carboxylic acids is 1. The number of hydrogen-bond acceptors (Lipinski definition) is 2. The Morgan fingerprint density at radius 3 is 2.24 bits per heavy atom. The zero-order chi connectivity index (χ0) is 13.0. The first kappa shape index (κ1) is 14.0. The van der Waals surface area contributed by atoms with Gasteiger partial charge in [-0.15, -0.1) is 0 Å². The Morgan fingerprint density at radius 1 is 1.24 bits per heavy atom. The number of rotatable bonds is 5. The van der Waals surface area contributed by atoms with Crippen LogP contribution in [-0.2, 0) is 9.59 Å². The summed E-state index contributed by atoms with van der Waals surface area (Å²) in [5.74, 6) is -1.58. The van der Waals surface area contributed by atoms with E-state index in [1.807, 2.05) is 0 Å². The van der Waals surface area contributed by atoms with Crippen LogP contribution in [0.15, 0.2) is 0 Å². The highest BCUT2D eigenvalue weighted by atomic mass is 16.4. The molecule has 17 heavy (non-hydrogen) atoms. The van der Waals surface area contributed by atoms with Gasteiger partial charge < -0.3 is 10.0 Å². The van der Waals surface area contributed by atoms with Gasteiger partial charge in [0.15, 0.2) is 0 Å². The lowest BCUT2D eigenvalue weighted by molar-refractivity contribution is -0.149. The number of carboxylic acid groups (broad SMARTS) is 1. The molecule has 0 bridgehead atoms. The van der Waals surface area contributed by atoms with Crippen molar-refractivity contribution in [2.24, 2.45) is 11.8 Å². The van der Waals surface area contributed by atoms with Gasteiger partial charge in [0.05, 0.1) is 11.8 Å². The lowest BCUT2D eigenvalue weighted by Gasteiger charge is -2.30. The van der Waals surface area contributed by atoms with Crippen LogP contribution < -0.4 is 0 Å². The molecule has 1 rings (SSSR count). The van der Waals surface area contributed by atoms with Gasteiger partial charge in [-0.1, -0.05) is 20.3 Å². The van der Waals surface area contributed by atoms with Crippen LogP contribution in [0.3, 0.4) is 0 Å². The molecule has 0 heterocycles. The monoisotopic (exact) mass is 241 g/mol. The van der Waals surface area contributed by atoms with Gasteiger partial charge in [-0.2, -0.15) is 0 Å². The lowest BCUT2D eigenvalue weighted by Crippen LogP contribution is -2.42. The number of carboxylic acids is 1. The van der Waals surface area contributed by atoms with Crippen molar-refractivity contribution in [2.45, 2.75) is 52.0 Å². The van der Waals surface area contributed by atoms with E-state index in [1.165, 1.54) is 0 Å². The molecule has 1 N–H and O–H groups in total. The molecule has 1 aliphatic carbocycles. The number of hydrogen-bond donors (Lipinski definition) is 1. The summed E-state index contributed by atoms with van der Waals surface area (Å²) in [6.07, 6.45) is 4.05. The van der Waals surface area contributed by atoms with Crippen molar-refractivity contribution in [3.05, 3.63) is 0 Å². The van der Waals surface area contributed by atoms with Crippen LogP contribution in [-0.4, -0.2) is 35.0 Å². The number of aliphatic carboxylic acids is 1. The molecule has 0 spiro atoms. The smallest absolute Gasteiger partial charge is 0.307 e. The van der Waals surface area contributed by atoms with Crippen molar-refractivity contribution in [2.75, 3.05) is 7.05 Å². The third-order valence-electron chi connectivity index (χ3n) is 3.99. The van der Waals surface area contributed by atoms with Crippen molar-refractivity contribution in [3.63, 3.8) is 0 Å². The van der Waals surface area contributed by atoms with E-state index in [1.54, 1.807) is 11.9 Å². The molecule has 2 atom stereocenters. The Labute approximate surface area is 103 Å². The first-order valence-electron chi connectivity index (χ1n) is 6.52. The Balaban J connectivity index is 2.71. The summed E-state index contributed by atoms with van der Waals surface area (Å²) < 4.78 is 0. The van der Waals surface area contributed by atoms with Crippen LogP contribution >= 0.6 is 0 Å². The molecule has 0 aromatic rings. The van der Waals surface area contributed by atoms with Crippen LogP contribution in [0.1, 0.15) is 46.0 Å². The van der Waals surface area contributed by atoms with Crippen molar-refractivity contribution in [1.82, 2.24) is 4.90 Å². The van der Waals surface area contributed by atoms with Crippen molar-refractivity contribution < 1.29 is 14.7 Å². The Kier molecular flexibility index (Phi) is 4.97. The van der Waals surface area contributed by atoms with E-state index in [9.17, 15) is 9.59 Å². The summed E-state index contributed by atoms with van der Waals surface area (Å²) >= 11 is 0. The Hall–Kier alpha value is -1.06. The quantitative estimate of drug-likeness (QED) is 0.802. The molecule has 0 saturated heterocycles. The Morgan fingerprint density at radius 2 is 1.76 bits per heavy atom. The highest BCUT2D eigenvalue weighted by molar-refractivity contribution is 5.85. The molecule has 1 aliphatic rings. The topological polar surface area (TPSA) is 57.6 Å². The zero-order valence-electron chi connectivity index (χ0n) is 11.0. The van der Waals surface area contributed by atoms with Crippen molar-refractivity contribution in [3.8, 4) is 0 Å². The molecule has 4 nitrogen and oxygen atoms in total. The van der Waals surface area contributed by atoms with Gasteiger partial charge >= 0.3 is 5.97 Å². The third-order valence-corrected chi connectivity index (χ3v) is 3.99. The third kappa shape index (κ3) is 2.99. The summed E-state index contributed by atoms with van der Waals surface area (Å²) in [4.78, 5) is 25.1. The van der Waals surface area contributed by atoms with Crippen LogP contribution in [0.5, 0.6) is 0 Å². The molecule has 1 saturated carbocycles. The minimum absolute atomic E-state index is 0.0172. The molecule has 4 heteroatoms. The van der Waals surface area contributed by atoms with Crippen LogP contribution in [0.4, 0.5) is 0 Å². The number of amides is 1. The Bertz CT molecular complexity index is 286. The minimum Gasteiger partial charge on any atom is -0.481 e. The first-order chi connectivity index (χ1) is 8.02. The molecular weight excluding hydrogens is 218 g/mol. The van der Waals surface area contributed by atoms with E-state index in [4.69, 9.17) is 5.11 Å². The molecule has 1 amide bonds. The largest absolute Gasteiger partial charge is 0.481 e. The standard InChI is InChI=1S/C13H23NO3/c1-4-9(5-2)14(3)12(15)10-7-6-8-11(10)13(16)17/h9-11H,4-8H2,1-3H3,(H,16,17)/t10-,11+/m1/s1. The average Bonchev–Trinajstić information content (AvgIpc) is 2.78. The summed E-state index contributed by atoms with van der Waals surface area (Å²) in [6, 6.07) is 0.234. The average molecular weight is 241 g/mol. The van der Waals surface area contributed by atoms with Gasteiger partial charge in [0, 0.05) is 13.1 Å². The fraction of sp³-hybridized carbons (Fsp3) is 0.846. The van der Waals surface area contributed by atoms with Gasteiger partial charge in [-0.25, -0.2) is 0 Å². The van der Waals surface area contributed by atoms with E-state index < -0.39 is 11.9 Å². The van der Waals surface area contributed by atoms with Crippen LogP contribution in [0, 0.1) is 11.8 Å². The van der Waals surface area contributed by atoms with Gasteiger partial charge in [0.25, 0.3) is 0 Å². The van der Waals surface area contributed by atoms with E-state index in [0.717, 1.165) is 25.7 Å². The van der Waals surface area contributed by atoms with Gasteiger partial charge in [0.1, 0.15) is 0 Å². The highest BCUT2D eigenvalue weighted by Gasteiger charge is 2.39. The zero-order valence-corrected chi connectivity index (χ0v) is 11.0. The van der Waals surface area contributed by atoms with Crippen LogP contribution in [0.25, 0.3) is 0 Å². The second-order valence-electron chi connectivity index (χ2n) is 4.90. The van der Waals surface area contributed by atoms with Crippen molar-refractivity contribution >= 4 is 11.9 Å². The van der Waals surface area contributed by atoms with E-state index in [2.05, 4.69) is 13.8 Å². The van der Waals surface area contributed by atoms with Gasteiger partial charge in [-0.05, 0) is 25.7 Å². The predicted octanol–water partition coefficient (Wildman–Crippen LogP) is 2.13. The summed E-state index contributed by atoms with van der Waals surface area (Å²) in [7, 11) is 1.80. The fourth-order valence-corrected chi connectivity index (χ4v) is 2.83. The molecule has 0 aliphatic heterocycles. The second-order valence-corrected chi connectivity index (χ2v) is 4.90. The van der Waals surface area contributed by atoms with E-state index >= 15 is 0 Å². The summed E-state index contributed by atoms with van der Waals surface area (Å²) in [6.45, 7) is 4.11. The first-order valence-corrected chi connectivity index (χ1v) is 6.52. The predicted molar refractivity (Wildman–Crippen MR) is 65.6 cm³/mol. The normalized spacial score (nSPS) is 24.0. The van der Waals surface area contributed by atoms with E-state index in [0.29, 0.717) is 6.42 Å². The molecule has 0 aromatic heterocycles. The minimum atomic E-state index is -0.821. The maximum absolute atomic E-state index is 12.3. The van der Waals surface area contributed by atoms with Gasteiger partial charge in [-0.3, -0.25) is 9.59 Å². The summed E-state index contributed by atoms with van der Waals surface area (Å²) in [5.41, 5.74) is 0. The molecule has 0 aromatic carbocycles. The molecule has 1 fully saturated rings. The number of nitrogens with zero attached hydrogens (tertiary/aromatic N) is 1. The molecule has 0 unspecified atom stereocenters. The SMILES string of the molecule is CCC(CC)N(C)C(=O)[C@@H]1CCC[C@@H]1C(=O)O. The lowest BCUT2D eigenvalue weighted by atomic mass is 9.94. The summed E-state index contributed by atoms with van der Waals surface area (Å²) in [5, 5.41) is 9.10. The van der Waals surface area contributed by atoms with Gasteiger partial charge in [0.2, 0.25) is 5.91 Å². The molecular formula is C13H23NO3. The van der Waals surface area contributed by atoms with Crippen LogP contribution in [0.2, 0.25) is 0 Å². The van der Waals surface area contributed by atoms with Crippen molar-refractivity contribution in [1.29, 1.82) is 0 Å². The maximum atomic E-state index is 12.3. The second kappa shape index (κ2) is 6.03.